The molecule has 0 aliphatic heterocycles. The lowest BCUT2D eigenvalue weighted by molar-refractivity contribution is 0.0757. The van der Waals surface area contributed by atoms with Gasteiger partial charge in [0, 0.05) is 12.2 Å². The lowest BCUT2D eigenvalue weighted by Gasteiger charge is -2.20. The number of amides is 1. The third-order valence-corrected chi connectivity index (χ3v) is 5.66. The second kappa shape index (κ2) is 10.0. The average Bonchev–Trinajstić information content (AvgIpc) is 3.09. The zero-order valence-corrected chi connectivity index (χ0v) is 20.3. The van der Waals surface area contributed by atoms with Gasteiger partial charge in [0.25, 0.3) is 0 Å². The summed E-state index contributed by atoms with van der Waals surface area (Å²) in [6, 6.07) is 8.32. The standard InChI is InChI=1S/C19H17Cl3N5O4P/c1-4-25(11-8-9-12(15(22)10-11)17(28)31-32(2)3)18(29)27-19(30)26(23-24-27)16-13(20)6-5-7-14(16)21/h5-10H,4H2,1-3H3. The fraction of sp³-hybridized carbons (Fsp3) is 0.211. The summed E-state index contributed by atoms with van der Waals surface area (Å²) in [7, 11) is -0.912. The van der Waals surface area contributed by atoms with Crippen molar-refractivity contribution in [2.45, 2.75) is 6.92 Å². The molecule has 0 aliphatic carbocycles. The molecule has 9 nitrogen and oxygen atoms in total. The largest absolute Gasteiger partial charge is 0.442 e. The lowest BCUT2D eigenvalue weighted by atomic mass is 10.2. The molecule has 0 unspecified atom stereocenters. The van der Waals surface area contributed by atoms with Gasteiger partial charge in [-0.1, -0.05) is 40.9 Å². The average molecular weight is 517 g/mol. The van der Waals surface area contributed by atoms with E-state index in [9.17, 15) is 14.4 Å². The molecule has 2 aromatic carbocycles. The van der Waals surface area contributed by atoms with Gasteiger partial charge < -0.3 is 4.52 Å². The van der Waals surface area contributed by atoms with Crippen molar-refractivity contribution in [1.29, 1.82) is 0 Å². The summed E-state index contributed by atoms with van der Waals surface area (Å²) in [5, 5.41) is 7.86. The Hall–Kier alpha value is -2.45. The molecule has 0 radical (unpaired) electrons. The smallest absolute Gasteiger partial charge is 0.377 e. The molecule has 3 aromatic rings. The molecule has 0 saturated heterocycles. The SMILES string of the molecule is CCN(C(=O)n1nnn(-c2c(Cl)cccc2Cl)c1=O)c1ccc(C(=O)OP(C)C)c(Cl)c1. The van der Waals surface area contributed by atoms with Gasteiger partial charge in [-0.15, -0.1) is 4.68 Å². The van der Waals surface area contributed by atoms with Crippen LogP contribution in [0.3, 0.4) is 0 Å². The van der Waals surface area contributed by atoms with Crippen LogP contribution >= 0.6 is 43.0 Å². The minimum absolute atomic E-state index is 0.106. The Labute approximate surface area is 199 Å². The second-order valence-corrected chi connectivity index (χ2v) is 9.57. The lowest BCUT2D eigenvalue weighted by Crippen LogP contribution is -2.41. The Kier molecular flexibility index (Phi) is 7.56. The molecular formula is C19H17Cl3N5O4P. The highest BCUT2D eigenvalue weighted by atomic mass is 35.5. The van der Waals surface area contributed by atoms with Crippen LogP contribution in [-0.4, -0.2) is 51.7 Å². The van der Waals surface area contributed by atoms with Gasteiger partial charge in [0.1, 0.15) is 5.69 Å². The normalized spacial score (nSPS) is 11.0. The van der Waals surface area contributed by atoms with E-state index in [-0.39, 0.29) is 32.9 Å². The minimum Gasteiger partial charge on any atom is -0.442 e. The number of anilines is 1. The summed E-state index contributed by atoms with van der Waals surface area (Å²) in [6.07, 6.45) is 0. The van der Waals surface area contributed by atoms with Crippen LogP contribution in [0.4, 0.5) is 10.5 Å². The number of benzene rings is 2. The molecule has 0 atom stereocenters. The molecule has 3 rings (SSSR count). The Morgan fingerprint density at radius 1 is 1.06 bits per heavy atom. The van der Waals surface area contributed by atoms with E-state index in [1.165, 1.54) is 35.2 Å². The van der Waals surface area contributed by atoms with Crippen molar-refractivity contribution in [3.05, 3.63) is 67.5 Å². The number of hydrogen-bond acceptors (Lipinski definition) is 6. The highest BCUT2D eigenvalue weighted by Gasteiger charge is 2.25. The summed E-state index contributed by atoms with van der Waals surface area (Å²) in [5.41, 5.74) is -0.215. The fourth-order valence-corrected chi connectivity index (χ4v) is 4.03. The zero-order chi connectivity index (χ0) is 23.6. The quantitative estimate of drug-likeness (QED) is 0.360. The highest BCUT2D eigenvalue weighted by Crippen LogP contribution is 2.31. The van der Waals surface area contributed by atoms with Crippen LogP contribution < -0.4 is 10.6 Å². The van der Waals surface area contributed by atoms with Gasteiger partial charge in [-0.3, -0.25) is 4.90 Å². The first-order chi connectivity index (χ1) is 15.1. The first-order valence-corrected chi connectivity index (χ1v) is 12.4. The molecule has 0 N–H and O–H groups in total. The van der Waals surface area contributed by atoms with Gasteiger partial charge in [0.05, 0.1) is 28.8 Å². The summed E-state index contributed by atoms with van der Waals surface area (Å²) < 4.78 is 6.64. The number of aromatic nitrogens is 4. The zero-order valence-electron chi connectivity index (χ0n) is 17.1. The first kappa shape index (κ1) is 24.2. The molecule has 0 saturated carbocycles. The molecule has 13 heteroatoms. The summed E-state index contributed by atoms with van der Waals surface area (Å²) in [6.45, 7) is 5.46. The van der Waals surface area contributed by atoms with Crippen molar-refractivity contribution < 1.29 is 14.1 Å². The third-order valence-electron chi connectivity index (χ3n) is 4.21. The number of halogens is 3. The van der Waals surface area contributed by atoms with Crippen LogP contribution in [0.2, 0.25) is 15.1 Å². The third kappa shape index (κ3) is 4.81. The molecule has 168 valence electrons. The van der Waals surface area contributed by atoms with Crippen LogP contribution in [0.25, 0.3) is 5.69 Å². The molecule has 0 bridgehead atoms. The second-order valence-electron chi connectivity index (χ2n) is 6.54. The number of hydrogen-bond donors (Lipinski definition) is 0. The van der Waals surface area contributed by atoms with E-state index in [2.05, 4.69) is 10.4 Å². The van der Waals surface area contributed by atoms with Gasteiger partial charge >= 0.3 is 17.7 Å². The summed E-state index contributed by atoms with van der Waals surface area (Å²) >= 11 is 18.5. The topological polar surface area (TPSA) is 99.3 Å². The van der Waals surface area contributed by atoms with Crippen molar-refractivity contribution in [1.82, 2.24) is 19.8 Å². The van der Waals surface area contributed by atoms with Crippen LogP contribution in [0.1, 0.15) is 17.3 Å². The van der Waals surface area contributed by atoms with Crippen molar-refractivity contribution in [3.8, 4) is 5.69 Å². The monoisotopic (exact) mass is 515 g/mol. The van der Waals surface area contributed by atoms with Crippen molar-refractivity contribution >= 4 is 60.6 Å². The Bertz CT molecular complexity index is 1220. The molecule has 0 aliphatic rings. The predicted molar refractivity (Wildman–Crippen MR) is 125 cm³/mol. The number of nitrogens with zero attached hydrogens (tertiary/aromatic N) is 5. The summed E-state index contributed by atoms with van der Waals surface area (Å²) in [5.74, 6) is -0.553. The maximum atomic E-state index is 13.1. The molecule has 0 spiro atoms. The Morgan fingerprint density at radius 3 is 2.28 bits per heavy atom. The van der Waals surface area contributed by atoms with Crippen LogP contribution in [-0.2, 0) is 4.52 Å². The first-order valence-electron chi connectivity index (χ1n) is 9.16. The van der Waals surface area contributed by atoms with E-state index in [0.717, 1.165) is 4.68 Å². The molecule has 32 heavy (non-hydrogen) atoms. The maximum absolute atomic E-state index is 13.1. The number of carbonyl (C=O) groups excluding carboxylic acids is 2. The van der Waals surface area contributed by atoms with Crippen molar-refractivity contribution in [3.63, 3.8) is 0 Å². The van der Waals surface area contributed by atoms with Gasteiger partial charge in [-0.25, -0.2) is 14.4 Å². The maximum Gasteiger partial charge on any atom is 0.377 e. The van der Waals surface area contributed by atoms with E-state index < -0.39 is 25.8 Å². The van der Waals surface area contributed by atoms with Gasteiger partial charge in [-0.2, -0.15) is 4.68 Å². The number of rotatable bonds is 5. The molecule has 0 fully saturated rings. The van der Waals surface area contributed by atoms with Crippen molar-refractivity contribution in [2.24, 2.45) is 0 Å². The van der Waals surface area contributed by atoms with Crippen LogP contribution in [0.15, 0.2) is 41.2 Å². The molecule has 1 aromatic heterocycles. The Morgan fingerprint density at radius 2 is 1.72 bits per heavy atom. The van der Waals surface area contributed by atoms with E-state index in [1.54, 1.807) is 26.3 Å². The van der Waals surface area contributed by atoms with E-state index in [1.807, 2.05) is 0 Å². The predicted octanol–water partition coefficient (Wildman–Crippen LogP) is 4.70. The van der Waals surface area contributed by atoms with Gasteiger partial charge in [-0.05, 0) is 61.0 Å². The fourth-order valence-electron chi connectivity index (χ4n) is 2.79. The number of tetrazole rings is 1. The molecular weight excluding hydrogens is 500 g/mol. The number of carbonyl (C=O) groups is 2. The summed E-state index contributed by atoms with van der Waals surface area (Å²) in [4.78, 5) is 39.3. The minimum atomic E-state index is -0.912. The molecule has 1 amide bonds. The van der Waals surface area contributed by atoms with Crippen LogP contribution in [0.5, 0.6) is 0 Å². The van der Waals surface area contributed by atoms with E-state index in [4.69, 9.17) is 39.3 Å². The van der Waals surface area contributed by atoms with Gasteiger partial charge in [0.15, 0.2) is 0 Å². The Balaban J connectivity index is 1.95. The highest BCUT2D eigenvalue weighted by molar-refractivity contribution is 7.51. The van der Waals surface area contributed by atoms with E-state index in [0.29, 0.717) is 10.4 Å². The van der Waals surface area contributed by atoms with Gasteiger partial charge in [0.2, 0.25) is 0 Å². The molecule has 1 heterocycles. The van der Waals surface area contributed by atoms with E-state index >= 15 is 0 Å². The number of para-hydroxylation sites is 1. The van der Waals surface area contributed by atoms with Crippen molar-refractivity contribution in [2.75, 3.05) is 24.8 Å². The van der Waals surface area contributed by atoms with Crippen LogP contribution in [0, 0.1) is 0 Å².